The van der Waals surface area contributed by atoms with Crippen molar-refractivity contribution in [2.45, 2.75) is 45.3 Å². The van der Waals surface area contributed by atoms with Crippen LogP contribution in [0.15, 0.2) is 24.3 Å². The number of rotatable bonds is 8. The molecule has 0 fully saturated rings. The van der Waals surface area contributed by atoms with Crippen LogP contribution >= 0.6 is 0 Å². The number of hydrazine groups is 1. The summed E-state index contributed by atoms with van der Waals surface area (Å²) in [5.74, 6) is 6.59. The van der Waals surface area contributed by atoms with Crippen LogP contribution < -0.4 is 16.0 Å². The van der Waals surface area contributed by atoms with Crippen LogP contribution in [0.2, 0.25) is 0 Å². The number of para-hydroxylation sites is 1. The van der Waals surface area contributed by atoms with E-state index < -0.39 is 0 Å². The molecule has 0 aliphatic carbocycles. The minimum atomic E-state index is -0.241. The Labute approximate surface area is 116 Å². The van der Waals surface area contributed by atoms with Crippen molar-refractivity contribution in [3.8, 4) is 5.75 Å². The molecule has 108 valence electrons. The molecule has 19 heavy (non-hydrogen) atoms. The van der Waals surface area contributed by atoms with Crippen molar-refractivity contribution < 1.29 is 9.47 Å². The molecule has 1 rings (SSSR count). The quantitative estimate of drug-likeness (QED) is 0.561. The third-order valence-electron chi connectivity index (χ3n) is 3.21. The number of hydrogen-bond donors (Lipinski definition) is 2. The summed E-state index contributed by atoms with van der Waals surface area (Å²) >= 11 is 0. The fourth-order valence-electron chi connectivity index (χ4n) is 1.95. The van der Waals surface area contributed by atoms with Crippen molar-refractivity contribution in [1.29, 1.82) is 0 Å². The molecular weight excluding hydrogens is 240 g/mol. The molecular formula is C15H26N2O2. The largest absolute Gasteiger partial charge is 0.493 e. The van der Waals surface area contributed by atoms with Crippen molar-refractivity contribution in [2.75, 3.05) is 13.7 Å². The van der Waals surface area contributed by atoms with Crippen LogP contribution in [0.1, 0.15) is 45.2 Å². The van der Waals surface area contributed by atoms with Crippen LogP contribution in [-0.2, 0) is 4.74 Å². The second-order valence-corrected chi connectivity index (χ2v) is 5.27. The number of ether oxygens (including phenoxy) is 2. The van der Waals surface area contributed by atoms with Crippen LogP contribution in [0.5, 0.6) is 5.75 Å². The summed E-state index contributed by atoms with van der Waals surface area (Å²) in [5.41, 5.74) is 3.70. The van der Waals surface area contributed by atoms with Crippen LogP contribution in [0, 0.1) is 0 Å². The normalized spacial score (nSPS) is 13.3. The zero-order valence-electron chi connectivity index (χ0n) is 12.4. The van der Waals surface area contributed by atoms with Gasteiger partial charge in [-0.2, -0.15) is 0 Å². The Bertz CT molecular complexity index is 380. The molecule has 1 aromatic rings. The molecule has 1 aromatic carbocycles. The third-order valence-corrected chi connectivity index (χ3v) is 3.21. The molecule has 0 aliphatic rings. The van der Waals surface area contributed by atoms with Crippen LogP contribution in [0.4, 0.5) is 0 Å². The highest BCUT2D eigenvalue weighted by molar-refractivity contribution is 5.36. The second-order valence-electron chi connectivity index (χ2n) is 5.27. The standard InChI is InChI=1S/C15H26N2O2/c1-5-10-19-14-9-7-6-8-12(14)13(17-16)11-15(2,3)18-4/h6-9,13,17H,5,10-11,16H2,1-4H3. The van der Waals surface area contributed by atoms with Gasteiger partial charge in [-0.25, -0.2) is 0 Å². The molecule has 0 amide bonds. The summed E-state index contributed by atoms with van der Waals surface area (Å²) in [6.07, 6.45) is 1.76. The highest BCUT2D eigenvalue weighted by atomic mass is 16.5. The number of nitrogens with two attached hydrogens (primary N) is 1. The van der Waals surface area contributed by atoms with Crippen molar-refractivity contribution in [1.82, 2.24) is 5.43 Å². The van der Waals surface area contributed by atoms with Gasteiger partial charge < -0.3 is 9.47 Å². The van der Waals surface area contributed by atoms with Gasteiger partial charge in [0.1, 0.15) is 5.75 Å². The lowest BCUT2D eigenvalue weighted by atomic mass is 9.93. The molecule has 3 N–H and O–H groups in total. The molecule has 0 bridgehead atoms. The lowest BCUT2D eigenvalue weighted by Crippen LogP contribution is -2.35. The lowest BCUT2D eigenvalue weighted by Gasteiger charge is -2.29. The maximum absolute atomic E-state index is 5.78. The first kappa shape index (κ1) is 16.0. The second kappa shape index (κ2) is 7.48. The Morgan fingerprint density at radius 3 is 2.58 bits per heavy atom. The molecule has 0 radical (unpaired) electrons. The smallest absolute Gasteiger partial charge is 0.124 e. The molecule has 1 unspecified atom stereocenters. The van der Waals surface area contributed by atoms with E-state index in [2.05, 4.69) is 12.3 Å². The van der Waals surface area contributed by atoms with Gasteiger partial charge in [0.2, 0.25) is 0 Å². The Kier molecular flexibility index (Phi) is 6.28. The third kappa shape index (κ3) is 4.82. The van der Waals surface area contributed by atoms with Gasteiger partial charge in [0.15, 0.2) is 0 Å². The van der Waals surface area contributed by atoms with Gasteiger partial charge in [-0.15, -0.1) is 0 Å². The summed E-state index contributed by atoms with van der Waals surface area (Å²) in [5, 5.41) is 0. The molecule has 1 atom stereocenters. The maximum Gasteiger partial charge on any atom is 0.124 e. The Balaban J connectivity index is 2.91. The lowest BCUT2D eigenvalue weighted by molar-refractivity contribution is 0.00661. The molecule has 0 aromatic heterocycles. The number of nitrogens with one attached hydrogen (secondary N) is 1. The molecule has 0 heterocycles. The highest BCUT2D eigenvalue weighted by Gasteiger charge is 2.25. The predicted octanol–water partition coefficient (Wildman–Crippen LogP) is 2.79. The van der Waals surface area contributed by atoms with E-state index in [0.29, 0.717) is 6.61 Å². The molecule has 0 saturated heterocycles. The first-order valence-electron chi connectivity index (χ1n) is 6.77. The topological polar surface area (TPSA) is 56.5 Å². The van der Waals surface area contributed by atoms with Gasteiger partial charge in [-0.1, -0.05) is 25.1 Å². The molecule has 4 heteroatoms. The molecule has 0 aliphatic heterocycles. The van der Waals surface area contributed by atoms with E-state index in [1.54, 1.807) is 7.11 Å². The number of methoxy groups -OCH3 is 1. The van der Waals surface area contributed by atoms with E-state index in [9.17, 15) is 0 Å². The van der Waals surface area contributed by atoms with Crippen LogP contribution in [-0.4, -0.2) is 19.3 Å². The fraction of sp³-hybridized carbons (Fsp3) is 0.600. The number of hydrogen-bond acceptors (Lipinski definition) is 4. The summed E-state index contributed by atoms with van der Waals surface area (Å²) in [6.45, 7) is 6.90. The fourth-order valence-corrected chi connectivity index (χ4v) is 1.95. The summed E-state index contributed by atoms with van der Waals surface area (Å²) in [6, 6.07) is 8.00. The summed E-state index contributed by atoms with van der Waals surface area (Å²) < 4.78 is 11.3. The van der Waals surface area contributed by atoms with Crippen LogP contribution in [0.25, 0.3) is 0 Å². The molecule has 0 spiro atoms. The monoisotopic (exact) mass is 266 g/mol. The molecule has 0 saturated carbocycles. The van der Waals surface area contributed by atoms with Gasteiger partial charge in [0.05, 0.1) is 18.2 Å². The van der Waals surface area contributed by atoms with E-state index in [1.165, 1.54) is 0 Å². The zero-order chi connectivity index (χ0) is 14.3. The highest BCUT2D eigenvalue weighted by Crippen LogP contribution is 2.31. The Hall–Kier alpha value is -1.10. The predicted molar refractivity (Wildman–Crippen MR) is 78.0 cm³/mol. The summed E-state index contributed by atoms with van der Waals surface area (Å²) in [4.78, 5) is 0. The van der Waals surface area contributed by atoms with E-state index >= 15 is 0 Å². The Morgan fingerprint density at radius 1 is 1.32 bits per heavy atom. The first-order valence-corrected chi connectivity index (χ1v) is 6.77. The first-order chi connectivity index (χ1) is 9.04. The van der Waals surface area contributed by atoms with Crippen molar-refractivity contribution in [3.63, 3.8) is 0 Å². The average molecular weight is 266 g/mol. The SMILES string of the molecule is CCCOc1ccccc1C(CC(C)(C)OC)NN. The number of benzene rings is 1. The van der Waals surface area contributed by atoms with Gasteiger partial charge in [0.25, 0.3) is 0 Å². The van der Waals surface area contributed by atoms with E-state index in [1.807, 2.05) is 38.1 Å². The van der Waals surface area contributed by atoms with E-state index in [-0.39, 0.29) is 11.6 Å². The summed E-state index contributed by atoms with van der Waals surface area (Å²) in [7, 11) is 1.72. The van der Waals surface area contributed by atoms with Crippen LogP contribution in [0.3, 0.4) is 0 Å². The minimum absolute atomic E-state index is 0.00278. The van der Waals surface area contributed by atoms with Gasteiger partial charge in [-0.05, 0) is 32.8 Å². The van der Waals surface area contributed by atoms with E-state index in [4.69, 9.17) is 15.3 Å². The Morgan fingerprint density at radius 2 is 2.00 bits per heavy atom. The zero-order valence-corrected chi connectivity index (χ0v) is 12.4. The van der Waals surface area contributed by atoms with Gasteiger partial charge >= 0.3 is 0 Å². The van der Waals surface area contributed by atoms with Crippen molar-refractivity contribution >= 4 is 0 Å². The molecule has 4 nitrogen and oxygen atoms in total. The minimum Gasteiger partial charge on any atom is -0.493 e. The van der Waals surface area contributed by atoms with Gasteiger partial charge in [0, 0.05) is 12.7 Å². The van der Waals surface area contributed by atoms with Crippen molar-refractivity contribution in [2.24, 2.45) is 5.84 Å². The van der Waals surface area contributed by atoms with E-state index in [0.717, 1.165) is 24.2 Å². The van der Waals surface area contributed by atoms with Crippen molar-refractivity contribution in [3.05, 3.63) is 29.8 Å². The maximum atomic E-state index is 5.78. The van der Waals surface area contributed by atoms with Gasteiger partial charge in [-0.3, -0.25) is 11.3 Å². The average Bonchev–Trinajstić information content (AvgIpc) is 2.43.